The fraction of sp³-hybridized carbons (Fsp3) is 0.393. The molecule has 1 saturated heterocycles. The molecule has 2 aromatic carbocycles. The third kappa shape index (κ3) is 6.10. The lowest BCUT2D eigenvalue weighted by Gasteiger charge is -2.29. The molecule has 1 atom stereocenters. The van der Waals surface area contributed by atoms with Crippen LogP contribution in [0, 0.1) is 5.82 Å². The normalized spacial score (nSPS) is 18.0. The standard InChI is InChI=1S/C28H30F4N6O4/c1-37-9-7-16(8-10-37)34-24(39)17-11-22(41-3)20(12-19(17)29)35-27-33-13-18(28(30,31)32)25(36-27)42-21-6-4-5-15-14-38(2)26(40)23(15)21/h4-6,11-13,16,26,40H,7-10,14H2,1-3H3,(H,34,39)(H,33,35,36). The molecule has 0 saturated carbocycles. The lowest BCUT2D eigenvalue weighted by atomic mass is 10.0. The van der Waals surface area contributed by atoms with E-state index in [0.717, 1.165) is 32.0 Å². The molecule has 0 spiro atoms. The lowest BCUT2D eigenvalue weighted by Crippen LogP contribution is -2.43. The van der Waals surface area contributed by atoms with Crippen LogP contribution in [-0.2, 0) is 12.7 Å². The molecule has 224 valence electrons. The van der Waals surface area contributed by atoms with E-state index in [1.165, 1.54) is 19.2 Å². The van der Waals surface area contributed by atoms with Gasteiger partial charge in [-0.1, -0.05) is 12.1 Å². The molecule has 5 rings (SSSR count). The fourth-order valence-electron chi connectivity index (χ4n) is 5.02. The molecule has 2 aliphatic heterocycles. The van der Waals surface area contributed by atoms with E-state index in [9.17, 15) is 23.1 Å². The van der Waals surface area contributed by atoms with Crippen molar-refractivity contribution in [3.05, 3.63) is 64.6 Å². The Kier molecular flexibility index (Phi) is 8.21. The number of aliphatic hydroxyl groups is 1. The molecule has 14 heteroatoms. The molecule has 1 unspecified atom stereocenters. The van der Waals surface area contributed by atoms with Gasteiger partial charge in [-0.25, -0.2) is 9.37 Å². The van der Waals surface area contributed by atoms with Gasteiger partial charge in [-0.2, -0.15) is 18.2 Å². The number of nitrogens with one attached hydrogen (secondary N) is 2. The Morgan fingerprint density at radius 3 is 2.57 bits per heavy atom. The SMILES string of the molecule is COc1cc(C(=O)NC2CCN(C)CC2)c(F)cc1Nc1ncc(C(F)(F)F)c(Oc2cccc3c2C(O)N(C)C3)n1. The topological polar surface area (TPSA) is 112 Å². The molecule has 3 aromatic rings. The number of likely N-dealkylation sites (tertiary alicyclic amines) is 1. The van der Waals surface area contributed by atoms with Crippen molar-refractivity contribution in [1.82, 2.24) is 25.1 Å². The molecule has 3 N–H and O–H groups in total. The van der Waals surface area contributed by atoms with Crippen molar-refractivity contribution in [2.75, 3.05) is 39.6 Å². The second-order valence-electron chi connectivity index (χ2n) is 10.3. The summed E-state index contributed by atoms with van der Waals surface area (Å²) in [7, 11) is 4.95. The van der Waals surface area contributed by atoms with Crippen molar-refractivity contribution in [2.24, 2.45) is 0 Å². The van der Waals surface area contributed by atoms with Gasteiger partial charge in [0.2, 0.25) is 11.8 Å². The molecule has 10 nitrogen and oxygen atoms in total. The maximum absolute atomic E-state index is 15.1. The van der Waals surface area contributed by atoms with Crippen LogP contribution in [0.5, 0.6) is 17.4 Å². The molecule has 1 fully saturated rings. The first-order valence-corrected chi connectivity index (χ1v) is 13.2. The molecule has 1 amide bonds. The van der Waals surface area contributed by atoms with E-state index < -0.39 is 35.6 Å². The number of benzene rings is 2. The number of hydrogen-bond acceptors (Lipinski definition) is 9. The summed E-state index contributed by atoms with van der Waals surface area (Å²) in [5, 5.41) is 16.0. The number of aliphatic hydroxyl groups excluding tert-OH is 1. The van der Waals surface area contributed by atoms with Crippen LogP contribution in [0.4, 0.5) is 29.2 Å². The Bertz CT molecular complexity index is 1480. The van der Waals surface area contributed by atoms with Gasteiger partial charge in [0.25, 0.3) is 5.91 Å². The van der Waals surface area contributed by atoms with Gasteiger partial charge in [0.1, 0.15) is 29.1 Å². The van der Waals surface area contributed by atoms with Gasteiger partial charge >= 0.3 is 6.18 Å². The van der Waals surface area contributed by atoms with Crippen LogP contribution in [0.25, 0.3) is 0 Å². The van der Waals surface area contributed by atoms with Crippen LogP contribution in [-0.4, -0.2) is 71.1 Å². The van der Waals surface area contributed by atoms with E-state index in [0.29, 0.717) is 23.9 Å². The summed E-state index contributed by atoms with van der Waals surface area (Å²) < 4.78 is 67.6. The summed E-state index contributed by atoms with van der Waals surface area (Å²) in [4.78, 5) is 24.2. The highest BCUT2D eigenvalue weighted by atomic mass is 19.4. The number of carbonyl (C=O) groups excluding carboxylic acids is 1. The number of ether oxygens (including phenoxy) is 2. The minimum absolute atomic E-state index is 0.00287. The Labute approximate surface area is 239 Å². The largest absolute Gasteiger partial charge is 0.495 e. The number of fused-ring (bicyclic) bond motifs is 1. The number of hydrogen-bond donors (Lipinski definition) is 3. The van der Waals surface area contributed by atoms with Crippen molar-refractivity contribution in [3.8, 4) is 17.4 Å². The van der Waals surface area contributed by atoms with Crippen LogP contribution >= 0.6 is 0 Å². The highest BCUT2D eigenvalue weighted by Crippen LogP contribution is 2.42. The Morgan fingerprint density at radius 1 is 1.14 bits per heavy atom. The first-order chi connectivity index (χ1) is 19.9. The van der Waals surface area contributed by atoms with E-state index in [4.69, 9.17) is 9.47 Å². The number of piperidine rings is 1. The molecular weight excluding hydrogens is 560 g/mol. The van der Waals surface area contributed by atoms with Crippen LogP contribution in [0.1, 0.15) is 46.1 Å². The average Bonchev–Trinajstić information content (AvgIpc) is 3.23. The van der Waals surface area contributed by atoms with Crippen molar-refractivity contribution in [2.45, 2.75) is 37.8 Å². The van der Waals surface area contributed by atoms with Gasteiger partial charge < -0.3 is 30.1 Å². The number of amides is 1. The molecule has 3 heterocycles. The number of rotatable bonds is 7. The highest BCUT2D eigenvalue weighted by molar-refractivity contribution is 5.96. The van der Waals surface area contributed by atoms with Crippen molar-refractivity contribution < 1.29 is 36.9 Å². The molecule has 0 aliphatic carbocycles. The first kappa shape index (κ1) is 29.5. The van der Waals surface area contributed by atoms with Crippen molar-refractivity contribution in [3.63, 3.8) is 0 Å². The Balaban J connectivity index is 1.42. The van der Waals surface area contributed by atoms with E-state index in [2.05, 4.69) is 25.5 Å². The molecule has 0 radical (unpaired) electrons. The lowest BCUT2D eigenvalue weighted by molar-refractivity contribution is -0.139. The summed E-state index contributed by atoms with van der Waals surface area (Å²) in [5.74, 6) is -2.58. The van der Waals surface area contributed by atoms with Crippen LogP contribution in [0.15, 0.2) is 36.5 Å². The third-order valence-electron chi connectivity index (χ3n) is 7.35. The summed E-state index contributed by atoms with van der Waals surface area (Å²) in [6.45, 7) is 2.00. The molecule has 1 aromatic heterocycles. The van der Waals surface area contributed by atoms with Gasteiger partial charge in [0.05, 0.1) is 18.4 Å². The summed E-state index contributed by atoms with van der Waals surface area (Å²) in [6, 6.07) is 6.87. The zero-order valence-electron chi connectivity index (χ0n) is 23.1. The molecule has 0 bridgehead atoms. The summed E-state index contributed by atoms with van der Waals surface area (Å²) >= 11 is 0. The highest BCUT2D eigenvalue weighted by Gasteiger charge is 2.38. The minimum atomic E-state index is -4.85. The van der Waals surface area contributed by atoms with Crippen LogP contribution in [0.3, 0.4) is 0 Å². The number of alkyl halides is 3. The van der Waals surface area contributed by atoms with E-state index in [1.807, 2.05) is 7.05 Å². The molecular formula is C28H30F4N6O4. The Morgan fingerprint density at radius 2 is 1.88 bits per heavy atom. The second kappa shape index (κ2) is 11.7. The zero-order chi connectivity index (χ0) is 30.2. The zero-order valence-corrected chi connectivity index (χ0v) is 23.1. The van der Waals surface area contributed by atoms with Gasteiger partial charge in [0.15, 0.2) is 0 Å². The predicted octanol–water partition coefficient (Wildman–Crippen LogP) is 4.44. The van der Waals surface area contributed by atoms with Gasteiger partial charge in [-0.05, 0) is 57.7 Å². The number of carbonyl (C=O) groups is 1. The maximum Gasteiger partial charge on any atom is 0.423 e. The first-order valence-electron chi connectivity index (χ1n) is 13.2. The predicted molar refractivity (Wildman–Crippen MR) is 144 cm³/mol. The number of halogens is 4. The maximum atomic E-state index is 15.1. The smallest absolute Gasteiger partial charge is 0.423 e. The van der Waals surface area contributed by atoms with Crippen molar-refractivity contribution >= 4 is 17.5 Å². The minimum Gasteiger partial charge on any atom is -0.495 e. The quantitative estimate of drug-likeness (QED) is 0.344. The molecule has 42 heavy (non-hydrogen) atoms. The number of methoxy groups -OCH3 is 1. The van der Waals surface area contributed by atoms with Gasteiger partial charge in [-0.15, -0.1) is 0 Å². The fourth-order valence-corrected chi connectivity index (χ4v) is 5.02. The van der Waals surface area contributed by atoms with Crippen molar-refractivity contribution in [1.29, 1.82) is 0 Å². The van der Waals surface area contributed by atoms with Crippen LogP contribution in [0.2, 0.25) is 0 Å². The second-order valence-corrected chi connectivity index (χ2v) is 10.3. The number of aromatic nitrogens is 2. The molecule has 2 aliphatic rings. The van der Waals surface area contributed by atoms with E-state index >= 15 is 4.39 Å². The monoisotopic (exact) mass is 590 g/mol. The number of anilines is 2. The average molecular weight is 591 g/mol. The third-order valence-corrected chi connectivity index (χ3v) is 7.35. The summed E-state index contributed by atoms with van der Waals surface area (Å²) in [5.41, 5.74) is -0.474. The van der Waals surface area contributed by atoms with E-state index in [-0.39, 0.29) is 34.7 Å². The van der Waals surface area contributed by atoms with Crippen LogP contribution < -0.4 is 20.1 Å². The van der Waals surface area contributed by atoms with E-state index in [1.54, 1.807) is 24.1 Å². The summed E-state index contributed by atoms with van der Waals surface area (Å²) in [6.07, 6.45) is -3.92. The van der Waals surface area contributed by atoms with Gasteiger partial charge in [-0.3, -0.25) is 9.69 Å². The Hall–Kier alpha value is -4.01. The van der Waals surface area contributed by atoms with Gasteiger partial charge in [0, 0.05) is 30.4 Å². The number of nitrogens with zero attached hydrogens (tertiary/aromatic N) is 4.